The maximum absolute atomic E-state index is 13.1. The summed E-state index contributed by atoms with van der Waals surface area (Å²) in [6.45, 7) is 3.73. The van der Waals surface area contributed by atoms with E-state index in [1.807, 2.05) is 0 Å². The molecule has 0 unspecified atom stereocenters. The third kappa shape index (κ3) is 6.83. The van der Waals surface area contributed by atoms with E-state index >= 15 is 0 Å². The maximum Gasteiger partial charge on any atom is 0.330 e. The first-order chi connectivity index (χ1) is 18.2. The number of carbonyl (C=O) groups excluding carboxylic acids is 1. The molecule has 0 radical (unpaired) electrons. The van der Waals surface area contributed by atoms with Crippen molar-refractivity contribution in [3.8, 4) is 5.75 Å². The summed E-state index contributed by atoms with van der Waals surface area (Å²) < 4.78 is 11.6. The highest BCUT2D eigenvalue weighted by Crippen LogP contribution is 2.30. The zero-order valence-corrected chi connectivity index (χ0v) is 22.3. The molecule has 13 heteroatoms. The molecule has 1 saturated carbocycles. The number of rotatable bonds is 9. The monoisotopic (exact) mass is 545 g/mol. The minimum Gasteiger partial charge on any atom is -0.466 e. The number of anilines is 1. The lowest BCUT2D eigenvalue weighted by atomic mass is 9.86. The smallest absolute Gasteiger partial charge is 0.330 e. The van der Waals surface area contributed by atoms with Crippen LogP contribution in [0.15, 0.2) is 48.6 Å². The van der Waals surface area contributed by atoms with Crippen LogP contribution < -0.4 is 26.8 Å². The molecule has 12 nitrogen and oxygen atoms in total. The molecule has 0 atom stereocenters. The normalized spacial score (nSPS) is 21.1. The number of amides is 1. The van der Waals surface area contributed by atoms with Gasteiger partial charge < -0.3 is 36.6 Å². The minimum absolute atomic E-state index is 0.0155. The fourth-order valence-corrected chi connectivity index (χ4v) is 5.09. The number of nitrogens with zero attached hydrogens (tertiary/aromatic N) is 4. The van der Waals surface area contributed by atoms with Crippen LogP contribution in [0.3, 0.4) is 0 Å². The van der Waals surface area contributed by atoms with Gasteiger partial charge in [0.25, 0.3) is 0 Å². The van der Waals surface area contributed by atoms with Gasteiger partial charge >= 0.3 is 8.60 Å². The highest BCUT2D eigenvalue weighted by Gasteiger charge is 2.32. The Kier molecular flexibility index (Phi) is 9.24. The fourth-order valence-electron chi connectivity index (χ4n) is 4.94. The molecule has 1 aliphatic heterocycles. The lowest BCUT2D eigenvalue weighted by Crippen LogP contribution is -2.54. The second kappa shape index (κ2) is 12.6. The Morgan fingerprint density at radius 1 is 1.16 bits per heavy atom. The number of aromatic nitrogens is 2. The Labute approximate surface area is 223 Å². The maximum atomic E-state index is 13.1. The van der Waals surface area contributed by atoms with E-state index < -0.39 is 8.60 Å². The average molecular weight is 546 g/mol. The van der Waals surface area contributed by atoms with E-state index in [9.17, 15) is 4.79 Å². The molecule has 1 saturated heterocycles. The molecule has 2 aromatic rings. The van der Waals surface area contributed by atoms with Gasteiger partial charge in [0.2, 0.25) is 5.91 Å². The van der Waals surface area contributed by atoms with E-state index in [1.165, 1.54) is 17.5 Å². The standard InChI is InChI=1S/C25H36N7O5P/c1-17-6-8-18(9-7-17)30-10-11-31(24(33)15-30)19-13-29-32(14-19)22(25(27)28)12-21(26)20-4-2-3-5-23(20)36-16-37-38(34)35/h2-5,12-14,17-18,34-35H,6-11,15-16,26-28H2,1H3/b21-12-. The number of allylic oxidation sites excluding steroid dienone is 2. The third-order valence-corrected chi connectivity index (χ3v) is 7.38. The molecule has 1 aromatic heterocycles. The van der Waals surface area contributed by atoms with Crippen molar-refractivity contribution in [3.05, 3.63) is 54.1 Å². The van der Waals surface area contributed by atoms with Crippen LogP contribution in [-0.2, 0) is 9.32 Å². The van der Waals surface area contributed by atoms with Gasteiger partial charge in [-0.15, -0.1) is 0 Å². The summed E-state index contributed by atoms with van der Waals surface area (Å²) in [7, 11) is -2.54. The number of hydrogen-bond donors (Lipinski definition) is 5. The van der Waals surface area contributed by atoms with Gasteiger partial charge in [0, 0.05) is 30.4 Å². The van der Waals surface area contributed by atoms with Crippen LogP contribution in [-0.4, -0.2) is 62.8 Å². The Hall–Kier alpha value is -3.15. The highest BCUT2D eigenvalue weighted by molar-refractivity contribution is 7.39. The van der Waals surface area contributed by atoms with Gasteiger partial charge in [-0.25, -0.2) is 4.68 Å². The first-order valence-electron chi connectivity index (χ1n) is 12.6. The molecular weight excluding hydrogens is 509 g/mol. The lowest BCUT2D eigenvalue weighted by Gasteiger charge is -2.40. The first-order valence-corrected chi connectivity index (χ1v) is 13.7. The van der Waals surface area contributed by atoms with Crippen LogP contribution in [0.2, 0.25) is 0 Å². The summed E-state index contributed by atoms with van der Waals surface area (Å²) in [5.41, 5.74) is 20.1. The topological polar surface area (TPSA) is 178 Å². The molecule has 1 aliphatic carbocycles. The highest BCUT2D eigenvalue weighted by atomic mass is 31.2. The number of carbonyl (C=O) groups is 1. The molecule has 4 rings (SSSR count). The number of piperazine rings is 1. The van der Waals surface area contributed by atoms with Crippen molar-refractivity contribution in [2.24, 2.45) is 23.1 Å². The van der Waals surface area contributed by atoms with E-state index in [-0.39, 0.29) is 24.2 Å². The summed E-state index contributed by atoms with van der Waals surface area (Å²) in [6, 6.07) is 7.39. The zero-order valence-electron chi connectivity index (χ0n) is 21.4. The largest absolute Gasteiger partial charge is 0.466 e. The van der Waals surface area contributed by atoms with E-state index in [0.717, 1.165) is 25.3 Å². The van der Waals surface area contributed by atoms with Crippen LogP contribution in [0.25, 0.3) is 11.4 Å². The first kappa shape index (κ1) is 27.9. The molecule has 2 heterocycles. The lowest BCUT2D eigenvalue weighted by molar-refractivity contribution is -0.122. The third-order valence-electron chi connectivity index (χ3n) is 7.05. The summed E-state index contributed by atoms with van der Waals surface area (Å²) in [6.07, 6.45) is 9.60. The number of ether oxygens (including phenoxy) is 1. The van der Waals surface area contributed by atoms with Gasteiger partial charge in [-0.3, -0.25) is 14.2 Å². The fraction of sp³-hybridized carbons (Fsp3) is 0.440. The van der Waals surface area contributed by atoms with Crippen molar-refractivity contribution in [2.75, 3.05) is 31.3 Å². The van der Waals surface area contributed by atoms with Crippen molar-refractivity contribution in [1.82, 2.24) is 14.7 Å². The Balaban J connectivity index is 1.47. The van der Waals surface area contributed by atoms with E-state index in [1.54, 1.807) is 47.6 Å². The van der Waals surface area contributed by atoms with Crippen molar-refractivity contribution in [3.63, 3.8) is 0 Å². The molecule has 8 N–H and O–H groups in total. The van der Waals surface area contributed by atoms with Gasteiger partial charge in [0.05, 0.1) is 24.6 Å². The Morgan fingerprint density at radius 3 is 2.58 bits per heavy atom. The predicted molar refractivity (Wildman–Crippen MR) is 146 cm³/mol. The summed E-state index contributed by atoms with van der Waals surface area (Å²) in [5, 5.41) is 4.39. The number of para-hydroxylation sites is 1. The van der Waals surface area contributed by atoms with Gasteiger partial charge in [-0.2, -0.15) is 5.10 Å². The van der Waals surface area contributed by atoms with Gasteiger partial charge in [0.15, 0.2) is 6.79 Å². The SMILES string of the molecule is CC1CCC(N2CCN(c3cnn(C(/C=C(\N)c4ccccc4OCOP(O)O)=C(N)N)c3)C(=O)C2)CC1. The molecule has 38 heavy (non-hydrogen) atoms. The van der Waals surface area contributed by atoms with Crippen molar-refractivity contribution in [2.45, 2.75) is 38.6 Å². The number of hydrogen-bond acceptors (Lipinski definition) is 10. The van der Waals surface area contributed by atoms with Crippen molar-refractivity contribution in [1.29, 1.82) is 0 Å². The van der Waals surface area contributed by atoms with Crippen LogP contribution >= 0.6 is 8.60 Å². The van der Waals surface area contributed by atoms with Gasteiger partial charge in [-0.05, 0) is 49.8 Å². The summed E-state index contributed by atoms with van der Waals surface area (Å²) >= 11 is 0. The van der Waals surface area contributed by atoms with E-state index in [2.05, 4.69) is 21.4 Å². The van der Waals surface area contributed by atoms with Crippen LogP contribution in [0.1, 0.15) is 38.2 Å². The molecule has 2 aliphatic rings. The molecule has 1 amide bonds. The van der Waals surface area contributed by atoms with Crippen LogP contribution in [0, 0.1) is 5.92 Å². The van der Waals surface area contributed by atoms with Crippen LogP contribution in [0.4, 0.5) is 5.69 Å². The molecule has 2 fully saturated rings. The minimum atomic E-state index is -2.54. The molecule has 0 bridgehead atoms. The van der Waals surface area contributed by atoms with E-state index in [4.69, 9.17) is 31.7 Å². The number of benzene rings is 1. The van der Waals surface area contributed by atoms with Gasteiger partial charge in [0.1, 0.15) is 17.3 Å². The molecule has 206 valence electrons. The molecule has 0 spiro atoms. The predicted octanol–water partition coefficient (Wildman–Crippen LogP) is 1.72. The van der Waals surface area contributed by atoms with E-state index in [0.29, 0.717) is 41.8 Å². The van der Waals surface area contributed by atoms with Crippen LogP contribution in [0.5, 0.6) is 5.75 Å². The molecular formula is C25H36N7O5P. The zero-order chi connectivity index (χ0) is 27.2. The Bertz CT molecular complexity index is 1170. The summed E-state index contributed by atoms with van der Waals surface area (Å²) in [4.78, 5) is 34.9. The average Bonchev–Trinajstić information content (AvgIpc) is 3.37. The van der Waals surface area contributed by atoms with Gasteiger partial charge in [-0.1, -0.05) is 19.1 Å². The summed E-state index contributed by atoms with van der Waals surface area (Å²) in [5.74, 6) is 1.16. The van der Waals surface area contributed by atoms with Crippen molar-refractivity contribution < 1.29 is 23.8 Å². The van der Waals surface area contributed by atoms with Crippen molar-refractivity contribution >= 4 is 31.6 Å². The molecule has 1 aromatic carbocycles. The Morgan fingerprint density at radius 2 is 1.89 bits per heavy atom. The second-order valence-electron chi connectivity index (χ2n) is 9.65. The number of nitrogens with two attached hydrogens (primary N) is 3. The quantitative estimate of drug-likeness (QED) is 0.177. The second-order valence-corrected chi connectivity index (χ2v) is 10.4.